The molecule has 1 fully saturated rings. The lowest BCUT2D eigenvalue weighted by Gasteiger charge is -2.34. The first-order valence-electron chi connectivity index (χ1n) is 6.71. The Bertz CT molecular complexity index is 613. The normalized spacial score (nSPS) is 20.8. The Morgan fingerprint density at radius 2 is 2.29 bits per heavy atom. The first-order chi connectivity index (χ1) is 9.80. The molecule has 0 spiro atoms. The van der Waals surface area contributed by atoms with Gasteiger partial charge in [-0.25, -0.2) is 8.42 Å². The average molecular weight is 316 g/mol. The molecule has 0 radical (unpaired) electrons. The maximum Gasteiger partial charge on any atom is 0.325 e. The smallest absolute Gasteiger partial charge is 0.325 e. The van der Waals surface area contributed by atoms with Crippen LogP contribution in [-0.4, -0.2) is 71.7 Å². The van der Waals surface area contributed by atoms with Crippen molar-refractivity contribution in [3.63, 3.8) is 0 Å². The first kappa shape index (κ1) is 15.9. The highest BCUT2D eigenvalue weighted by molar-refractivity contribution is 7.89. The minimum absolute atomic E-state index is 0.0273. The van der Waals surface area contributed by atoms with E-state index in [1.165, 1.54) is 16.7 Å². The fourth-order valence-corrected chi connectivity index (χ4v) is 3.83. The zero-order valence-electron chi connectivity index (χ0n) is 12.1. The van der Waals surface area contributed by atoms with Gasteiger partial charge < -0.3 is 10.0 Å². The van der Waals surface area contributed by atoms with Gasteiger partial charge in [-0.15, -0.1) is 0 Å². The van der Waals surface area contributed by atoms with E-state index in [1.807, 2.05) is 7.05 Å². The number of nitrogens with zero attached hydrogens (tertiary/aromatic N) is 4. The van der Waals surface area contributed by atoms with E-state index < -0.39 is 16.0 Å². The van der Waals surface area contributed by atoms with E-state index in [0.717, 1.165) is 24.1 Å². The van der Waals surface area contributed by atoms with Crippen LogP contribution in [0.3, 0.4) is 0 Å². The summed E-state index contributed by atoms with van der Waals surface area (Å²) in [7, 11) is -0.114. The molecule has 1 aromatic rings. The molecule has 118 valence electrons. The minimum atomic E-state index is -3.65. The lowest BCUT2D eigenvalue weighted by molar-refractivity contribution is -0.137. The predicted octanol–water partition coefficient (Wildman–Crippen LogP) is -0.318. The summed E-state index contributed by atoms with van der Waals surface area (Å²) in [5.74, 6) is -1.07. The Balaban J connectivity index is 2.16. The monoisotopic (exact) mass is 316 g/mol. The average Bonchev–Trinajstić information content (AvgIpc) is 2.86. The van der Waals surface area contributed by atoms with Crippen LogP contribution in [0, 0.1) is 0 Å². The summed E-state index contributed by atoms with van der Waals surface area (Å²) >= 11 is 0. The molecule has 1 unspecified atom stereocenters. The van der Waals surface area contributed by atoms with Gasteiger partial charge in [0.2, 0.25) is 10.0 Å². The second-order valence-electron chi connectivity index (χ2n) is 5.35. The highest BCUT2D eigenvalue weighted by Crippen LogP contribution is 2.21. The number of hydrogen-bond acceptors (Lipinski definition) is 5. The number of aromatic nitrogens is 2. The highest BCUT2D eigenvalue weighted by atomic mass is 32.2. The van der Waals surface area contributed by atoms with Gasteiger partial charge in [-0.05, 0) is 26.4 Å². The molecule has 0 saturated carbocycles. The third kappa shape index (κ3) is 3.60. The molecule has 1 saturated heterocycles. The van der Waals surface area contributed by atoms with Crippen molar-refractivity contribution in [1.29, 1.82) is 0 Å². The van der Waals surface area contributed by atoms with E-state index >= 15 is 0 Å². The van der Waals surface area contributed by atoms with Gasteiger partial charge in [0.1, 0.15) is 11.4 Å². The van der Waals surface area contributed by atoms with Crippen molar-refractivity contribution in [2.75, 3.05) is 27.2 Å². The Morgan fingerprint density at radius 3 is 2.90 bits per heavy atom. The molecular weight excluding hydrogens is 296 g/mol. The third-order valence-electron chi connectivity index (χ3n) is 3.70. The Kier molecular flexibility index (Phi) is 4.64. The van der Waals surface area contributed by atoms with Gasteiger partial charge in [-0.1, -0.05) is 0 Å². The van der Waals surface area contributed by atoms with Gasteiger partial charge in [-0.3, -0.25) is 9.48 Å². The summed E-state index contributed by atoms with van der Waals surface area (Å²) < 4.78 is 27.6. The van der Waals surface area contributed by atoms with Crippen molar-refractivity contribution in [2.45, 2.75) is 30.3 Å². The van der Waals surface area contributed by atoms with Crippen molar-refractivity contribution >= 4 is 16.0 Å². The van der Waals surface area contributed by atoms with Gasteiger partial charge in [0.05, 0.1) is 6.20 Å². The SMILES string of the molecule is CN1CCCC(N(C)S(=O)(=O)c2cnn(CC(=O)O)c2)C1. The molecule has 8 nitrogen and oxygen atoms in total. The molecular formula is C12H20N4O4S. The molecule has 21 heavy (non-hydrogen) atoms. The first-order valence-corrected chi connectivity index (χ1v) is 8.15. The van der Waals surface area contributed by atoms with Crippen molar-refractivity contribution in [1.82, 2.24) is 19.0 Å². The Labute approximate surface area is 124 Å². The number of piperidine rings is 1. The standard InChI is InChI=1S/C12H20N4O4S/c1-14-5-3-4-10(7-14)15(2)21(19,20)11-6-13-16(8-11)9-12(17)18/h6,8,10H,3-5,7,9H2,1-2H3,(H,17,18). The Hall–Kier alpha value is -1.45. The number of carbonyl (C=O) groups is 1. The van der Waals surface area contributed by atoms with Gasteiger partial charge in [0.25, 0.3) is 0 Å². The van der Waals surface area contributed by atoms with E-state index in [9.17, 15) is 13.2 Å². The molecule has 0 amide bonds. The molecule has 2 rings (SSSR count). The largest absolute Gasteiger partial charge is 0.480 e. The fourth-order valence-electron chi connectivity index (χ4n) is 2.50. The quantitative estimate of drug-likeness (QED) is 0.800. The maximum absolute atomic E-state index is 12.5. The summed E-state index contributed by atoms with van der Waals surface area (Å²) in [4.78, 5) is 12.8. The van der Waals surface area contributed by atoms with E-state index in [4.69, 9.17) is 5.11 Å². The summed E-state index contributed by atoms with van der Waals surface area (Å²) in [6.45, 7) is 1.31. The van der Waals surface area contributed by atoms with Crippen molar-refractivity contribution in [2.24, 2.45) is 0 Å². The Morgan fingerprint density at radius 1 is 1.57 bits per heavy atom. The molecule has 0 bridgehead atoms. The van der Waals surface area contributed by atoms with E-state index in [-0.39, 0.29) is 17.5 Å². The summed E-state index contributed by atoms with van der Waals surface area (Å²) in [5.41, 5.74) is 0. The number of hydrogen-bond donors (Lipinski definition) is 1. The van der Waals surface area contributed by atoms with E-state index in [1.54, 1.807) is 7.05 Å². The maximum atomic E-state index is 12.5. The molecule has 9 heteroatoms. The molecule has 1 atom stereocenters. The van der Waals surface area contributed by atoms with Crippen LogP contribution >= 0.6 is 0 Å². The van der Waals surface area contributed by atoms with Crippen LogP contribution in [0.4, 0.5) is 0 Å². The van der Waals surface area contributed by atoms with Crippen LogP contribution in [0.15, 0.2) is 17.3 Å². The number of carboxylic acid groups (broad SMARTS) is 1. The number of sulfonamides is 1. The van der Waals surface area contributed by atoms with Crippen molar-refractivity contribution in [3.8, 4) is 0 Å². The van der Waals surface area contributed by atoms with Gasteiger partial charge in [-0.2, -0.15) is 9.40 Å². The predicted molar refractivity (Wildman–Crippen MR) is 75.3 cm³/mol. The van der Waals surface area contributed by atoms with Crippen LogP contribution in [0.5, 0.6) is 0 Å². The number of likely N-dealkylation sites (N-methyl/N-ethyl adjacent to an activating group) is 2. The molecule has 0 aromatic carbocycles. The van der Waals surface area contributed by atoms with Crippen LogP contribution in [0.2, 0.25) is 0 Å². The van der Waals surface area contributed by atoms with Crippen LogP contribution in [0.1, 0.15) is 12.8 Å². The zero-order chi connectivity index (χ0) is 15.6. The second-order valence-corrected chi connectivity index (χ2v) is 7.34. The van der Waals surface area contributed by atoms with Crippen LogP contribution in [-0.2, 0) is 21.4 Å². The fraction of sp³-hybridized carbons (Fsp3) is 0.667. The lowest BCUT2D eigenvalue weighted by atomic mass is 10.1. The third-order valence-corrected chi connectivity index (χ3v) is 5.56. The van der Waals surface area contributed by atoms with Gasteiger partial charge >= 0.3 is 5.97 Å². The number of rotatable bonds is 5. The van der Waals surface area contributed by atoms with E-state index in [2.05, 4.69) is 10.00 Å². The lowest BCUT2D eigenvalue weighted by Crippen LogP contribution is -2.47. The summed E-state index contributed by atoms with van der Waals surface area (Å²) in [6, 6.07) is -0.0726. The minimum Gasteiger partial charge on any atom is -0.480 e. The topological polar surface area (TPSA) is 95.7 Å². The van der Waals surface area contributed by atoms with Gasteiger partial charge in [0, 0.05) is 25.8 Å². The highest BCUT2D eigenvalue weighted by Gasteiger charge is 2.31. The number of aliphatic carboxylic acids is 1. The molecule has 1 N–H and O–H groups in total. The number of carboxylic acids is 1. The summed E-state index contributed by atoms with van der Waals surface area (Å²) in [5, 5.41) is 12.5. The van der Waals surface area contributed by atoms with E-state index in [0.29, 0.717) is 6.54 Å². The van der Waals surface area contributed by atoms with Crippen LogP contribution < -0.4 is 0 Å². The van der Waals surface area contributed by atoms with Crippen molar-refractivity contribution < 1.29 is 18.3 Å². The second kappa shape index (κ2) is 6.12. The van der Waals surface area contributed by atoms with Crippen molar-refractivity contribution in [3.05, 3.63) is 12.4 Å². The number of likely N-dealkylation sites (tertiary alicyclic amines) is 1. The zero-order valence-corrected chi connectivity index (χ0v) is 13.0. The summed E-state index contributed by atoms with van der Waals surface area (Å²) in [6.07, 6.45) is 4.23. The van der Waals surface area contributed by atoms with Gasteiger partial charge in [0.15, 0.2) is 0 Å². The molecule has 0 aliphatic carbocycles. The molecule has 1 aliphatic rings. The van der Waals surface area contributed by atoms with Crippen LogP contribution in [0.25, 0.3) is 0 Å². The molecule has 2 heterocycles. The molecule has 1 aromatic heterocycles. The molecule has 1 aliphatic heterocycles.